The van der Waals surface area contributed by atoms with Gasteiger partial charge in [-0.2, -0.15) is 0 Å². The predicted molar refractivity (Wildman–Crippen MR) is 106 cm³/mol. The number of carbonyl (C=O) groups is 1. The molecule has 1 aromatic heterocycles. The summed E-state index contributed by atoms with van der Waals surface area (Å²) in [5.41, 5.74) is 1.90. The van der Waals surface area contributed by atoms with Crippen LogP contribution in [-0.2, 0) is 6.61 Å². The van der Waals surface area contributed by atoms with E-state index in [4.69, 9.17) is 9.26 Å². The van der Waals surface area contributed by atoms with Crippen molar-refractivity contribution >= 4 is 5.91 Å². The zero-order valence-electron chi connectivity index (χ0n) is 16.4. The maximum absolute atomic E-state index is 12.5. The van der Waals surface area contributed by atoms with E-state index in [1.165, 1.54) is 13.0 Å². The lowest BCUT2D eigenvalue weighted by Crippen LogP contribution is -2.47. The van der Waals surface area contributed by atoms with E-state index in [0.29, 0.717) is 24.6 Å². The molecule has 0 aliphatic carbocycles. The van der Waals surface area contributed by atoms with E-state index in [9.17, 15) is 4.79 Å². The minimum atomic E-state index is -0.194. The van der Waals surface area contributed by atoms with E-state index in [1.54, 1.807) is 0 Å². The summed E-state index contributed by atoms with van der Waals surface area (Å²) in [6, 6.07) is 7.64. The maximum atomic E-state index is 12.5. The van der Waals surface area contributed by atoms with Gasteiger partial charge in [-0.25, -0.2) is 0 Å². The third-order valence-electron chi connectivity index (χ3n) is 5.45. The van der Waals surface area contributed by atoms with Crippen molar-refractivity contribution in [3.63, 3.8) is 0 Å². The molecule has 0 unspecified atom stereocenters. The highest BCUT2D eigenvalue weighted by Gasteiger charge is 2.28. The standard InChI is InChI=1S/C21H28N4O3/c1-2-9-24-11-13-25(14-12-24)10-5-8-22-21(26)19-17-15-27-18-7-4-3-6-16(18)20(17)28-23-19/h3-4,6-7H,2,5,8-15H2,1H3,(H,22,26). The van der Waals surface area contributed by atoms with Gasteiger partial charge in [-0.3, -0.25) is 4.79 Å². The van der Waals surface area contributed by atoms with Crippen molar-refractivity contribution in [1.82, 2.24) is 20.3 Å². The van der Waals surface area contributed by atoms with Crippen molar-refractivity contribution < 1.29 is 14.1 Å². The number of hydrogen-bond donors (Lipinski definition) is 1. The first-order valence-electron chi connectivity index (χ1n) is 10.2. The number of hydrogen-bond acceptors (Lipinski definition) is 6. The fourth-order valence-corrected chi connectivity index (χ4v) is 3.90. The summed E-state index contributed by atoms with van der Waals surface area (Å²) < 4.78 is 11.2. The van der Waals surface area contributed by atoms with Crippen LogP contribution in [0.2, 0.25) is 0 Å². The number of benzene rings is 1. The number of aromatic nitrogens is 1. The summed E-state index contributed by atoms with van der Waals surface area (Å²) in [5, 5.41) is 6.98. The highest BCUT2D eigenvalue weighted by molar-refractivity contribution is 5.95. The minimum Gasteiger partial charge on any atom is -0.488 e. The molecule has 1 amide bonds. The third-order valence-corrected chi connectivity index (χ3v) is 5.45. The number of para-hydroxylation sites is 1. The van der Waals surface area contributed by atoms with Crippen LogP contribution in [0, 0.1) is 0 Å². The molecule has 2 aliphatic rings. The normalized spacial score (nSPS) is 16.9. The summed E-state index contributed by atoms with van der Waals surface area (Å²) in [6.45, 7) is 9.88. The molecule has 0 spiro atoms. The molecule has 7 nitrogen and oxygen atoms in total. The van der Waals surface area contributed by atoms with Gasteiger partial charge >= 0.3 is 0 Å². The zero-order valence-corrected chi connectivity index (χ0v) is 16.4. The Kier molecular flexibility index (Phi) is 5.92. The van der Waals surface area contributed by atoms with E-state index >= 15 is 0 Å². The van der Waals surface area contributed by atoms with Gasteiger partial charge in [0.25, 0.3) is 5.91 Å². The third kappa shape index (κ3) is 4.05. The summed E-state index contributed by atoms with van der Waals surface area (Å²) in [4.78, 5) is 17.5. The molecule has 1 N–H and O–H groups in total. The maximum Gasteiger partial charge on any atom is 0.273 e. The zero-order chi connectivity index (χ0) is 19.3. The van der Waals surface area contributed by atoms with Crippen molar-refractivity contribution in [2.24, 2.45) is 0 Å². The van der Waals surface area contributed by atoms with Gasteiger partial charge in [0.1, 0.15) is 12.4 Å². The van der Waals surface area contributed by atoms with Crippen molar-refractivity contribution in [3.05, 3.63) is 35.5 Å². The quantitative estimate of drug-likeness (QED) is 0.739. The minimum absolute atomic E-state index is 0.194. The van der Waals surface area contributed by atoms with Crippen LogP contribution in [0.3, 0.4) is 0 Å². The Hall–Kier alpha value is -2.38. The Morgan fingerprint density at radius 1 is 1.14 bits per heavy atom. The summed E-state index contributed by atoms with van der Waals surface area (Å²) in [7, 11) is 0. The van der Waals surface area contributed by atoms with Gasteiger partial charge in [-0.05, 0) is 38.1 Å². The molecule has 2 aromatic rings. The Bertz CT molecular complexity index is 812. The summed E-state index contributed by atoms with van der Waals surface area (Å²) >= 11 is 0. The van der Waals surface area contributed by atoms with E-state index < -0.39 is 0 Å². The lowest BCUT2D eigenvalue weighted by Gasteiger charge is -2.34. The number of ether oxygens (including phenoxy) is 1. The van der Waals surface area contributed by atoms with Gasteiger partial charge in [-0.15, -0.1) is 0 Å². The molecule has 0 saturated carbocycles. The Morgan fingerprint density at radius 2 is 1.89 bits per heavy atom. The van der Waals surface area contributed by atoms with E-state index in [1.807, 2.05) is 24.3 Å². The molecule has 0 bridgehead atoms. The highest BCUT2D eigenvalue weighted by Crippen LogP contribution is 2.38. The molecule has 1 saturated heterocycles. The van der Waals surface area contributed by atoms with Crippen LogP contribution in [-0.4, -0.2) is 66.7 Å². The molecule has 4 rings (SSSR count). The predicted octanol–water partition coefficient (Wildman–Crippen LogP) is 2.38. The lowest BCUT2D eigenvalue weighted by molar-refractivity contribution is 0.0937. The molecule has 0 atom stereocenters. The highest BCUT2D eigenvalue weighted by atomic mass is 16.5. The summed E-state index contributed by atoms with van der Waals surface area (Å²) in [6.07, 6.45) is 2.15. The van der Waals surface area contributed by atoms with Crippen molar-refractivity contribution in [2.45, 2.75) is 26.4 Å². The number of nitrogens with zero attached hydrogens (tertiary/aromatic N) is 3. The Balaban J connectivity index is 1.25. The molecule has 0 radical (unpaired) electrons. The lowest BCUT2D eigenvalue weighted by atomic mass is 10.0. The Labute approximate surface area is 165 Å². The molecular weight excluding hydrogens is 356 g/mol. The van der Waals surface area contributed by atoms with E-state index in [0.717, 1.165) is 56.0 Å². The van der Waals surface area contributed by atoms with Crippen LogP contribution < -0.4 is 10.1 Å². The molecule has 150 valence electrons. The molecular formula is C21H28N4O3. The fourth-order valence-electron chi connectivity index (χ4n) is 3.90. The van der Waals surface area contributed by atoms with Gasteiger partial charge in [0.05, 0.1) is 11.1 Å². The van der Waals surface area contributed by atoms with Gasteiger partial charge in [0, 0.05) is 32.7 Å². The van der Waals surface area contributed by atoms with Crippen molar-refractivity contribution in [1.29, 1.82) is 0 Å². The van der Waals surface area contributed by atoms with Crippen LogP contribution in [0.4, 0.5) is 0 Å². The van der Waals surface area contributed by atoms with Crippen LogP contribution in [0.5, 0.6) is 5.75 Å². The number of nitrogens with one attached hydrogen (secondary N) is 1. The van der Waals surface area contributed by atoms with E-state index in [2.05, 4.69) is 27.2 Å². The molecule has 1 fully saturated rings. The second-order valence-corrected chi connectivity index (χ2v) is 7.42. The number of fused-ring (bicyclic) bond motifs is 3. The van der Waals surface area contributed by atoms with Crippen molar-refractivity contribution in [3.8, 4) is 17.1 Å². The average molecular weight is 384 g/mol. The smallest absolute Gasteiger partial charge is 0.273 e. The molecule has 2 aliphatic heterocycles. The Morgan fingerprint density at radius 3 is 2.68 bits per heavy atom. The van der Waals surface area contributed by atoms with Gasteiger partial charge in [0.15, 0.2) is 11.5 Å². The van der Waals surface area contributed by atoms with Crippen LogP contribution in [0.15, 0.2) is 28.8 Å². The monoisotopic (exact) mass is 384 g/mol. The first-order chi connectivity index (χ1) is 13.8. The van der Waals surface area contributed by atoms with Crippen LogP contribution in [0.1, 0.15) is 35.8 Å². The SMILES string of the molecule is CCCN1CCN(CCCNC(=O)c2noc3c2COc2ccccc2-3)CC1. The first kappa shape index (κ1) is 19.0. The van der Waals surface area contributed by atoms with Crippen LogP contribution >= 0.6 is 0 Å². The van der Waals surface area contributed by atoms with Gasteiger partial charge in [-0.1, -0.05) is 24.2 Å². The molecule has 3 heterocycles. The fraction of sp³-hybridized carbons (Fsp3) is 0.524. The number of amides is 1. The van der Waals surface area contributed by atoms with E-state index in [-0.39, 0.29) is 5.91 Å². The average Bonchev–Trinajstić information content (AvgIpc) is 3.17. The topological polar surface area (TPSA) is 70.8 Å². The summed E-state index contributed by atoms with van der Waals surface area (Å²) in [5.74, 6) is 1.20. The van der Waals surface area contributed by atoms with Crippen molar-refractivity contribution in [2.75, 3.05) is 45.8 Å². The van der Waals surface area contributed by atoms with Gasteiger partial charge in [0.2, 0.25) is 0 Å². The second-order valence-electron chi connectivity index (χ2n) is 7.42. The van der Waals surface area contributed by atoms with Gasteiger partial charge < -0.3 is 24.4 Å². The van der Waals surface area contributed by atoms with Crippen LogP contribution in [0.25, 0.3) is 11.3 Å². The first-order valence-corrected chi connectivity index (χ1v) is 10.2. The number of piperazine rings is 1. The molecule has 7 heteroatoms. The molecule has 1 aromatic carbocycles. The molecule has 28 heavy (non-hydrogen) atoms. The second kappa shape index (κ2) is 8.75. The largest absolute Gasteiger partial charge is 0.488 e. The number of rotatable bonds is 7. The number of carbonyl (C=O) groups excluding carboxylic acids is 1.